The first-order chi connectivity index (χ1) is 12.8. The number of anilines is 1. The molecule has 27 heavy (non-hydrogen) atoms. The van der Waals surface area contributed by atoms with E-state index < -0.39 is 9.84 Å². The van der Waals surface area contributed by atoms with Gasteiger partial charge in [-0.15, -0.1) is 0 Å². The quantitative estimate of drug-likeness (QED) is 0.856. The molecule has 0 bridgehead atoms. The molecule has 1 aliphatic rings. The van der Waals surface area contributed by atoms with Crippen molar-refractivity contribution in [2.45, 2.75) is 30.7 Å². The summed E-state index contributed by atoms with van der Waals surface area (Å²) in [6, 6.07) is 13.2. The van der Waals surface area contributed by atoms with Gasteiger partial charge in [-0.3, -0.25) is 9.59 Å². The molecule has 7 heteroatoms. The van der Waals surface area contributed by atoms with E-state index in [4.69, 9.17) is 0 Å². The molecule has 2 aromatic carbocycles. The van der Waals surface area contributed by atoms with Crippen LogP contribution in [0.3, 0.4) is 0 Å². The topological polar surface area (TPSA) is 83.6 Å². The molecular formula is C20H22N2O4S. The van der Waals surface area contributed by atoms with Gasteiger partial charge in [0.2, 0.25) is 5.91 Å². The molecule has 2 aromatic rings. The fourth-order valence-corrected chi connectivity index (χ4v) is 3.71. The average Bonchev–Trinajstić information content (AvgIpc) is 3.07. The van der Waals surface area contributed by atoms with Gasteiger partial charge in [-0.05, 0) is 55.3 Å². The van der Waals surface area contributed by atoms with E-state index in [1.165, 1.54) is 12.1 Å². The number of nitrogens with zero attached hydrogens (tertiary/aromatic N) is 1. The molecule has 1 atom stereocenters. The molecule has 1 fully saturated rings. The standard InChI is InChI=1S/C20H22N2O4S/c1-14(15-7-11-18(12-8-15)27(2,25)26)21-20(24)16-5-9-17(10-6-16)22-13-3-4-19(22)23/h5-12,14H,3-4,13H2,1-2H3,(H,21,24)/t14-/m0/s1. The molecular weight excluding hydrogens is 364 g/mol. The molecule has 0 radical (unpaired) electrons. The molecule has 0 aliphatic carbocycles. The van der Waals surface area contributed by atoms with Gasteiger partial charge in [0.1, 0.15) is 0 Å². The van der Waals surface area contributed by atoms with Gasteiger partial charge in [-0.2, -0.15) is 0 Å². The van der Waals surface area contributed by atoms with E-state index in [0.717, 1.165) is 23.9 Å². The van der Waals surface area contributed by atoms with Crippen molar-refractivity contribution in [3.8, 4) is 0 Å². The minimum atomic E-state index is -3.24. The second kappa shape index (κ2) is 7.52. The lowest BCUT2D eigenvalue weighted by Crippen LogP contribution is -2.27. The Morgan fingerprint density at radius 3 is 2.22 bits per heavy atom. The van der Waals surface area contributed by atoms with E-state index in [2.05, 4.69) is 5.32 Å². The first-order valence-electron chi connectivity index (χ1n) is 8.77. The van der Waals surface area contributed by atoms with Gasteiger partial charge >= 0.3 is 0 Å². The maximum Gasteiger partial charge on any atom is 0.251 e. The highest BCUT2D eigenvalue weighted by Crippen LogP contribution is 2.22. The lowest BCUT2D eigenvalue weighted by molar-refractivity contribution is -0.117. The summed E-state index contributed by atoms with van der Waals surface area (Å²) in [6.45, 7) is 2.55. The fourth-order valence-electron chi connectivity index (χ4n) is 3.08. The zero-order valence-corrected chi connectivity index (χ0v) is 16.1. The minimum Gasteiger partial charge on any atom is -0.346 e. The minimum absolute atomic E-state index is 0.110. The second-order valence-electron chi connectivity index (χ2n) is 6.73. The van der Waals surface area contributed by atoms with E-state index in [-0.39, 0.29) is 22.8 Å². The van der Waals surface area contributed by atoms with Crippen molar-refractivity contribution >= 4 is 27.3 Å². The lowest BCUT2D eigenvalue weighted by atomic mass is 10.1. The van der Waals surface area contributed by atoms with E-state index in [1.54, 1.807) is 41.3 Å². The molecule has 0 aromatic heterocycles. The predicted octanol–water partition coefficient (Wildman–Crippen LogP) is 2.71. The van der Waals surface area contributed by atoms with Crippen LogP contribution in [-0.4, -0.2) is 33.0 Å². The van der Waals surface area contributed by atoms with Crippen molar-refractivity contribution in [3.63, 3.8) is 0 Å². The fraction of sp³-hybridized carbons (Fsp3) is 0.300. The van der Waals surface area contributed by atoms with Gasteiger partial charge in [0.25, 0.3) is 5.91 Å². The van der Waals surface area contributed by atoms with Gasteiger partial charge < -0.3 is 10.2 Å². The van der Waals surface area contributed by atoms with Gasteiger partial charge in [0.15, 0.2) is 9.84 Å². The highest BCUT2D eigenvalue weighted by Gasteiger charge is 2.22. The molecule has 1 heterocycles. The Labute approximate surface area is 159 Å². The third-order valence-corrected chi connectivity index (χ3v) is 5.80. The molecule has 2 amide bonds. The van der Waals surface area contributed by atoms with Crippen LogP contribution in [0.4, 0.5) is 5.69 Å². The average molecular weight is 386 g/mol. The van der Waals surface area contributed by atoms with Gasteiger partial charge in [-0.25, -0.2) is 8.42 Å². The summed E-state index contributed by atoms with van der Waals surface area (Å²) in [7, 11) is -3.24. The Hall–Kier alpha value is -2.67. The molecule has 1 N–H and O–H groups in total. The SMILES string of the molecule is C[C@H](NC(=O)c1ccc(N2CCCC2=O)cc1)c1ccc(S(C)(=O)=O)cc1. The lowest BCUT2D eigenvalue weighted by Gasteiger charge is -2.17. The molecule has 142 valence electrons. The Morgan fingerprint density at radius 1 is 1.07 bits per heavy atom. The van der Waals surface area contributed by atoms with Crippen molar-refractivity contribution < 1.29 is 18.0 Å². The van der Waals surface area contributed by atoms with Crippen LogP contribution >= 0.6 is 0 Å². The number of hydrogen-bond acceptors (Lipinski definition) is 4. The second-order valence-corrected chi connectivity index (χ2v) is 8.75. The summed E-state index contributed by atoms with van der Waals surface area (Å²) in [4.78, 5) is 26.2. The normalized spacial score (nSPS) is 15.6. The third-order valence-electron chi connectivity index (χ3n) is 4.67. The molecule has 0 spiro atoms. The van der Waals surface area contributed by atoms with Crippen molar-refractivity contribution in [1.82, 2.24) is 5.32 Å². The summed E-state index contributed by atoms with van der Waals surface area (Å²) in [5.41, 5.74) is 2.12. The van der Waals surface area contributed by atoms with Crippen molar-refractivity contribution in [1.29, 1.82) is 0 Å². The van der Waals surface area contributed by atoms with Crippen LogP contribution < -0.4 is 10.2 Å². The Balaban J connectivity index is 1.66. The number of carbonyl (C=O) groups is 2. The van der Waals surface area contributed by atoms with Crippen LogP contribution in [0, 0.1) is 0 Å². The van der Waals surface area contributed by atoms with Gasteiger partial charge in [0, 0.05) is 30.5 Å². The van der Waals surface area contributed by atoms with E-state index in [0.29, 0.717) is 18.5 Å². The van der Waals surface area contributed by atoms with Crippen molar-refractivity contribution in [2.75, 3.05) is 17.7 Å². The summed E-state index contributed by atoms with van der Waals surface area (Å²) in [5, 5.41) is 2.90. The van der Waals surface area contributed by atoms with Crippen LogP contribution in [0.25, 0.3) is 0 Å². The Morgan fingerprint density at radius 2 is 1.70 bits per heavy atom. The van der Waals surface area contributed by atoms with E-state index in [9.17, 15) is 18.0 Å². The maximum absolute atomic E-state index is 12.5. The first-order valence-corrected chi connectivity index (χ1v) is 10.7. The number of carbonyl (C=O) groups excluding carboxylic acids is 2. The highest BCUT2D eigenvalue weighted by atomic mass is 32.2. The van der Waals surface area contributed by atoms with E-state index in [1.807, 2.05) is 6.92 Å². The molecule has 0 saturated carbocycles. The third kappa shape index (κ3) is 4.36. The predicted molar refractivity (Wildman–Crippen MR) is 103 cm³/mol. The summed E-state index contributed by atoms with van der Waals surface area (Å²) in [6.07, 6.45) is 2.58. The zero-order valence-electron chi connectivity index (χ0n) is 15.3. The number of hydrogen-bond donors (Lipinski definition) is 1. The van der Waals surface area contributed by atoms with E-state index >= 15 is 0 Å². The zero-order chi connectivity index (χ0) is 19.6. The largest absolute Gasteiger partial charge is 0.346 e. The summed E-state index contributed by atoms with van der Waals surface area (Å²) in [5.74, 6) is -0.118. The van der Waals surface area contributed by atoms with Crippen molar-refractivity contribution in [2.24, 2.45) is 0 Å². The molecule has 1 aliphatic heterocycles. The van der Waals surface area contributed by atoms with Gasteiger partial charge in [-0.1, -0.05) is 12.1 Å². The van der Waals surface area contributed by atoms with Crippen molar-refractivity contribution in [3.05, 3.63) is 59.7 Å². The van der Waals surface area contributed by atoms with Crippen LogP contribution in [0.15, 0.2) is 53.4 Å². The molecule has 6 nitrogen and oxygen atoms in total. The number of sulfone groups is 1. The Bertz CT molecular complexity index is 950. The monoisotopic (exact) mass is 386 g/mol. The summed E-state index contributed by atoms with van der Waals surface area (Å²) >= 11 is 0. The smallest absolute Gasteiger partial charge is 0.251 e. The number of benzene rings is 2. The number of amides is 2. The number of rotatable bonds is 5. The van der Waals surface area contributed by atoms with Crippen LogP contribution in [0.1, 0.15) is 41.7 Å². The molecule has 1 saturated heterocycles. The van der Waals surface area contributed by atoms with Crippen LogP contribution in [-0.2, 0) is 14.6 Å². The van der Waals surface area contributed by atoms with Crippen LogP contribution in [0.5, 0.6) is 0 Å². The van der Waals surface area contributed by atoms with Crippen LogP contribution in [0.2, 0.25) is 0 Å². The number of nitrogens with one attached hydrogen (secondary N) is 1. The molecule has 3 rings (SSSR count). The maximum atomic E-state index is 12.5. The first kappa shape index (κ1) is 19.1. The molecule has 0 unspecified atom stereocenters. The Kier molecular flexibility index (Phi) is 5.32. The van der Waals surface area contributed by atoms with Gasteiger partial charge in [0.05, 0.1) is 10.9 Å². The highest BCUT2D eigenvalue weighted by molar-refractivity contribution is 7.90. The summed E-state index contributed by atoms with van der Waals surface area (Å²) < 4.78 is 23.1.